The molecule has 2 heterocycles. The molecule has 2 aromatic rings. The van der Waals surface area contributed by atoms with Crippen LogP contribution in [0.2, 0.25) is 0 Å². The second-order valence-electron chi connectivity index (χ2n) is 3.40. The standard InChI is InChI=1S/C10H5N5O4/c11-2-6-1-7(15(18)19)3-12-9(6)14-4-8(10(16)17)13-5-14/h1,3-5H,(H,16,17). The molecule has 0 unspecified atom stereocenters. The van der Waals surface area contributed by atoms with Gasteiger partial charge in [0.25, 0.3) is 5.69 Å². The van der Waals surface area contributed by atoms with Crippen LogP contribution in [0, 0.1) is 21.4 Å². The van der Waals surface area contributed by atoms with Crippen molar-refractivity contribution in [2.24, 2.45) is 0 Å². The van der Waals surface area contributed by atoms with E-state index >= 15 is 0 Å². The number of hydrogen-bond donors (Lipinski definition) is 1. The highest BCUT2D eigenvalue weighted by Crippen LogP contribution is 2.17. The monoisotopic (exact) mass is 259 g/mol. The maximum Gasteiger partial charge on any atom is 0.356 e. The van der Waals surface area contributed by atoms with E-state index in [0.717, 1.165) is 18.5 Å². The topological polar surface area (TPSA) is 135 Å². The summed E-state index contributed by atoms with van der Waals surface area (Å²) in [5, 5.41) is 28.2. The third-order valence-corrected chi connectivity index (χ3v) is 2.23. The number of nitriles is 1. The molecular weight excluding hydrogens is 254 g/mol. The zero-order chi connectivity index (χ0) is 14.0. The maximum absolute atomic E-state index is 10.7. The van der Waals surface area contributed by atoms with Crippen LogP contribution in [0.1, 0.15) is 16.1 Å². The highest BCUT2D eigenvalue weighted by Gasteiger charge is 2.15. The molecule has 0 aromatic carbocycles. The van der Waals surface area contributed by atoms with Crippen molar-refractivity contribution in [1.29, 1.82) is 5.26 Å². The van der Waals surface area contributed by atoms with Gasteiger partial charge in [-0.3, -0.25) is 14.7 Å². The molecule has 0 saturated carbocycles. The van der Waals surface area contributed by atoms with Gasteiger partial charge < -0.3 is 5.11 Å². The van der Waals surface area contributed by atoms with E-state index in [0.29, 0.717) is 0 Å². The van der Waals surface area contributed by atoms with Crippen LogP contribution in [0.3, 0.4) is 0 Å². The minimum atomic E-state index is -1.22. The Labute approximate surface area is 105 Å². The largest absolute Gasteiger partial charge is 0.476 e. The van der Waals surface area contributed by atoms with Gasteiger partial charge in [-0.1, -0.05) is 0 Å². The molecular formula is C10H5N5O4. The molecule has 19 heavy (non-hydrogen) atoms. The number of carboxylic acid groups (broad SMARTS) is 1. The van der Waals surface area contributed by atoms with Crippen molar-refractivity contribution in [1.82, 2.24) is 14.5 Å². The number of aromatic carboxylic acids is 1. The Morgan fingerprint density at radius 2 is 2.26 bits per heavy atom. The Morgan fingerprint density at radius 1 is 1.53 bits per heavy atom. The van der Waals surface area contributed by atoms with Crippen LogP contribution in [0.25, 0.3) is 5.82 Å². The van der Waals surface area contributed by atoms with E-state index in [4.69, 9.17) is 10.4 Å². The van der Waals surface area contributed by atoms with Gasteiger partial charge in [0.2, 0.25) is 0 Å². The Hall–Kier alpha value is -3.28. The molecule has 0 saturated heterocycles. The molecule has 94 valence electrons. The lowest BCUT2D eigenvalue weighted by atomic mass is 10.2. The Bertz CT molecular complexity index is 715. The van der Waals surface area contributed by atoms with E-state index in [1.54, 1.807) is 6.07 Å². The zero-order valence-corrected chi connectivity index (χ0v) is 9.22. The lowest BCUT2D eigenvalue weighted by Crippen LogP contribution is -2.01. The highest BCUT2D eigenvalue weighted by atomic mass is 16.6. The van der Waals surface area contributed by atoms with Crippen LogP contribution < -0.4 is 0 Å². The van der Waals surface area contributed by atoms with Crippen molar-refractivity contribution < 1.29 is 14.8 Å². The Balaban J connectivity index is 2.53. The average molecular weight is 259 g/mol. The smallest absolute Gasteiger partial charge is 0.356 e. The van der Waals surface area contributed by atoms with E-state index in [1.807, 2.05) is 0 Å². The van der Waals surface area contributed by atoms with Crippen molar-refractivity contribution in [3.8, 4) is 11.9 Å². The first kappa shape index (κ1) is 12.2. The summed E-state index contributed by atoms with van der Waals surface area (Å²) in [4.78, 5) is 28.0. The van der Waals surface area contributed by atoms with Crippen LogP contribution in [-0.2, 0) is 0 Å². The highest BCUT2D eigenvalue weighted by molar-refractivity contribution is 5.85. The minimum Gasteiger partial charge on any atom is -0.476 e. The predicted molar refractivity (Wildman–Crippen MR) is 59.7 cm³/mol. The third kappa shape index (κ3) is 2.22. The summed E-state index contributed by atoms with van der Waals surface area (Å²) >= 11 is 0. The second kappa shape index (κ2) is 4.53. The predicted octanol–water partition coefficient (Wildman–Crippen LogP) is 0.745. The van der Waals surface area contributed by atoms with Crippen molar-refractivity contribution in [3.05, 3.63) is 46.2 Å². The van der Waals surface area contributed by atoms with Crippen LogP contribution in [0.4, 0.5) is 5.69 Å². The molecule has 1 N–H and O–H groups in total. The third-order valence-electron chi connectivity index (χ3n) is 2.23. The van der Waals surface area contributed by atoms with Gasteiger partial charge >= 0.3 is 5.97 Å². The summed E-state index contributed by atoms with van der Waals surface area (Å²) in [7, 11) is 0. The van der Waals surface area contributed by atoms with Crippen LogP contribution in [-0.4, -0.2) is 30.5 Å². The number of pyridine rings is 1. The molecule has 9 heteroatoms. The molecule has 0 amide bonds. The summed E-state index contributed by atoms with van der Waals surface area (Å²) in [6.07, 6.45) is 3.31. The van der Waals surface area contributed by atoms with Crippen molar-refractivity contribution in [2.45, 2.75) is 0 Å². The van der Waals surface area contributed by atoms with E-state index in [2.05, 4.69) is 9.97 Å². The number of hydrogen-bond acceptors (Lipinski definition) is 6. The summed E-state index contributed by atoms with van der Waals surface area (Å²) < 4.78 is 1.21. The first-order chi connectivity index (χ1) is 9.02. The Morgan fingerprint density at radius 3 is 2.79 bits per heavy atom. The second-order valence-corrected chi connectivity index (χ2v) is 3.40. The SMILES string of the molecule is N#Cc1cc([N+](=O)[O-])cnc1-n1cnc(C(=O)O)c1. The van der Waals surface area contributed by atoms with Gasteiger partial charge in [0.05, 0.1) is 4.92 Å². The van der Waals surface area contributed by atoms with Crippen LogP contribution in [0.15, 0.2) is 24.8 Å². The number of rotatable bonds is 3. The fraction of sp³-hybridized carbons (Fsp3) is 0. The normalized spacial score (nSPS) is 9.84. The van der Waals surface area contributed by atoms with Crippen molar-refractivity contribution >= 4 is 11.7 Å². The molecule has 0 bridgehead atoms. The van der Waals surface area contributed by atoms with Crippen LogP contribution >= 0.6 is 0 Å². The van der Waals surface area contributed by atoms with Gasteiger partial charge in [0.1, 0.15) is 24.2 Å². The van der Waals surface area contributed by atoms with E-state index < -0.39 is 10.9 Å². The summed E-state index contributed by atoms with van der Waals surface area (Å²) in [5.41, 5.74) is -0.591. The molecule has 0 aliphatic heterocycles. The molecule has 2 rings (SSSR count). The van der Waals surface area contributed by atoms with E-state index in [1.165, 1.54) is 10.9 Å². The van der Waals surface area contributed by atoms with Crippen LogP contribution in [0.5, 0.6) is 0 Å². The van der Waals surface area contributed by atoms with Gasteiger partial charge in [-0.2, -0.15) is 5.26 Å². The van der Waals surface area contributed by atoms with Gasteiger partial charge in [0, 0.05) is 12.3 Å². The molecule has 0 radical (unpaired) electrons. The summed E-state index contributed by atoms with van der Waals surface area (Å²) in [5.74, 6) is -1.15. The molecule has 0 spiro atoms. The van der Waals surface area contributed by atoms with Crippen molar-refractivity contribution in [3.63, 3.8) is 0 Å². The van der Waals surface area contributed by atoms with Gasteiger partial charge in [0.15, 0.2) is 11.5 Å². The van der Waals surface area contributed by atoms with Crippen molar-refractivity contribution in [2.75, 3.05) is 0 Å². The molecule has 0 atom stereocenters. The minimum absolute atomic E-state index is 0.0523. The van der Waals surface area contributed by atoms with E-state index in [9.17, 15) is 14.9 Å². The van der Waals surface area contributed by atoms with E-state index in [-0.39, 0.29) is 22.8 Å². The number of nitrogens with zero attached hydrogens (tertiary/aromatic N) is 5. The number of nitro groups is 1. The number of carboxylic acids is 1. The summed E-state index contributed by atoms with van der Waals surface area (Å²) in [6.45, 7) is 0. The first-order valence-corrected chi connectivity index (χ1v) is 4.85. The number of aromatic nitrogens is 3. The van der Waals surface area contributed by atoms with Gasteiger partial charge in [-0.15, -0.1) is 0 Å². The molecule has 0 aliphatic rings. The fourth-order valence-corrected chi connectivity index (χ4v) is 1.38. The zero-order valence-electron chi connectivity index (χ0n) is 9.22. The molecule has 9 nitrogen and oxygen atoms in total. The molecule has 0 aliphatic carbocycles. The van der Waals surface area contributed by atoms with Gasteiger partial charge in [-0.25, -0.2) is 14.8 Å². The molecule has 0 fully saturated rings. The first-order valence-electron chi connectivity index (χ1n) is 4.85. The average Bonchev–Trinajstić information content (AvgIpc) is 2.87. The quantitative estimate of drug-likeness (QED) is 0.634. The molecule has 2 aromatic heterocycles. The van der Waals surface area contributed by atoms with Gasteiger partial charge in [-0.05, 0) is 0 Å². The number of carbonyl (C=O) groups is 1. The Kier molecular flexibility index (Phi) is 2.91. The number of imidazole rings is 1. The maximum atomic E-state index is 10.7. The summed E-state index contributed by atoms with van der Waals surface area (Å²) in [6, 6.07) is 2.82. The fourth-order valence-electron chi connectivity index (χ4n) is 1.38. The lowest BCUT2D eigenvalue weighted by molar-refractivity contribution is -0.385. The lowest BCUT2D eigenvalue weighted by Gasteiger charge is -2.02.